The van der Waals surface area contributed by atoms with E-state index in [9.17, 15) is 14.0 Å². The number of nitrogens with zero attached hydrogens (tertiary/aromatic N) is 1. The van der Waals surface area contributed by atoms with Crippen molar-refractivity contribution in [2.75, 3.05) is 6.54 Å². The molecule has 2 saturated carbocycles. The maximum absolute atomic E-state index is 13.0. The summed E-state index contributed by atoms with van der Waals surface area (Å²) in [6.45, 7) is 0.0101. The van der Waals surface area contributed by atoms with E-state index in [2.05, 4.69) is 0 Å². The fourth-order valence-corrected chi connectivity index (χ4v) is 3.53. The summed E-state index contributed by atoms with van der Waals surface area (Å²) in [6.07, 6.45) is 4.87. The lowest BCUT2D eigenvalue weighted by Crippen LogP contribution is -2.45. The Balaban J connectivity index is 1.69. The lowest BCUT2D eigenvalue weighted by atomic mass is 10.1. The molecule has 2 fully saturated rings. The van der Waals surface area contributed by atoms with Gasteiger partial charge in [-0.15, -0.1) is 0 Å². The maximum atomic E-state index is 13.0. The van der Waals surface area contributed by atoms with Crippen LogP contribution in [0.3, 0.4) is 0 Å². The van der Waals surface area contributed by atoms with Crippen LogP contribution in [0.2, 0.25) is 0 Å². The van der Waals surface area contributed by atoms with Gasteiger partial charge in [-0.3, -0.25) is 9.59 Å². The Morgan fingerprint density at radius 3 is 2.41 bits per heavy atom. The third-order valence-electron chi connectivity index (χ3n) is 4.78. The molecule has 2 aliphatic rings. The number of hydrogen-bond acceptors (Lipinski definition) is 2. The van der Waals surface area contributed by atoms with Crippen molar-refractivity contribution in [1.29, 1.82) is 0 Å². The molecule has 0 saturated heterocycles. The zero-order chi connectivity index (χ0) is 15.7. The van der Waals surface area contributed by atoms with Gasteiger partial charge in [-0.25, -0.2) is 4.39 Å². The Bertz CT molecular complexity index is 567. The first-order valence-electron chi connectivity index (χ1n) is 7.90. The number of nitrogens with two attached hydrogens (primary N) is 1. The van der Waals surface area contributed by atoms with Crippen LogP contribution >= 0.6 is 0 Å². The highest BCUT2D eigenvalue weighted by atomic mass is 19.1. The normalized spacial score (nSPS) is 24.2. The van der Waals surface area contributed by atoms with Crippen LogP contribution in [0.25, 0.3) is 0 Å². The first kappa shape index (κ1) is 15.0. The van der Waals surface area contributed by atoms with Crippen molar-refractivity contribution in [2.24, 2.45) is 11.7 Å². The molecule has 5 heteroatoms. The second-order valence-corrected chi connectivity index (χ2v) is 6.37. The van der Waals surface area contributed by atoms with Crippen molar-refractivity contribution in [3.8, 4) is 0 Å². The molecule has 2 aliphatic carbocycles. The van der Waals surface area contributed by atoms with Gasteiger partial charge < -0.3 is 10.6 Å². The minimum Gasteiger partial charge on any atom is -0.368 e. The van der Waals surface area contributed by atoms with Crippen molar-refractivity contribution in [3.63, 3.8) is 0 Å². The van der Waals surface area contributed by atoms with Gasteiger partial charge in [-0.2, -0.15) is 0 Å². The molecular weight excluding hydrogens is 283 g/mol. The van der Waals surface area contributed by atoms with Crippen molar-refractivity contribution >= 4 is 11.8 Å². The van der Waals surface area contributed by atoms with E-state index in [1.165, 1.54) is 12.1 Å². The highest BCUT2D eigenvalue weighted by Gasteiger charge is 2.47. The van der Waals surface area contributed by atoms with E-state index in [0.717, 1.165) is 37.7 Å². The van der Waals surface area contributed by atoms with Gasteiger partial charge in [-0.1, -0.05) is 25.0 Å². The summed E-state index contributed by atoms with van der Waals surface area (Å²) in [6, 6.07) is 6.47. The van der Waals surface area contributed by atoms with Gasteiger partial charge in [0.1, 0.15) is 5.82 Å². The zero-order valence-corrected chi connectivity index (χ0v) is 12.5. The molecule has 4 nitrogen and oxygen atoms in total. The first-order valence-corrected chi connectivity index (χ1v) is 7.90. The summed E-state index contributed by atoms with van der Waals surface area (Å²) in [5, 5.41) is 0. The van der Waals surface area contributed by atoms with E-state index in [-0.39, 0.29) is 36.1 Å². The molecule has 0 bridgehead atoms. The van der Waals surface area contributed by atoms with Gasteiger partial charge in [-0.05, 0) is 42.9 Å². The van der Waals surface area contributed by atoms with Gasteiger partial charge in [0.15, 0.2) is 0 Å². The van der Waals surface area contributed by atoms with E-state index >= 15 is 0 Å². The second kappa shape index (κ2) is 6.07. The minimum atomic E-state index is -0.459. The van der Waals surface area contributed by atoms with E-state index in [1.807, 2.05) is 0 Å². The maximum Gasteiger partial charge on any atom is 0.237 e. The first-order chi connectivity index (χ1) is 10.6. The molecule has 2 atom stereocenters. The largest absolute Gasteiger partial charge is 0.368 e. The number of rotatable bonds is 5. The average molecular weight is 304 g/mol. The van der Waals surface area contributed by atoms with Crippen LogP contribution in [0.5, 0.6) is 0 Å². The summed E-state index contributed by atoms with van der Waals surface area (Å²) < 4.78 is 13.0. The van der Waals surface area contributed by atoms with Gasteiger partial charge in [0.25, 0.3) is 0 Å². The van der Waals surface area contributed by atoms with Crippen LogP contribution in [0, 0.1) is 11.7 Å². The van der Waals surface area contributed by atoms with Crippen LogP contribution in [-0.4, -0.2) is 29.3 Å². The fraction of sp³-hybridized carbons (Fsp3) is 0.529. The van der Waals surface area contributed by atoms with Crippen LogP contribution in [-0.2, 0) is 9.59 Å². The standard InChI is InChI=1S/C17H21FN2O2/c18-12-7-5-11(6-8-12)14-9-15(14)17(22)20(10-16(19)21)13-3-1-2-4-13/h5-8,13-15H,1-4,9-10H2,(H2,19,21). The highest BCUT2D eigenvalue weighted by molar-refractivity contribution is 5.87. The van der Waals surface area contributed by atoms with Crippen molar-refractivity contribution in [1.82, 2.24) is 4.90 Å². The fourth-order valence-electron chi connectivity index (χ4n) is 3.53. The number of carbonyl (C=O) groups excluding carboxylic acids is 2. The van der Waals surface area contributed by atoms with Gasteiger partial charge in [0, 0.05) is 12.0 Å². The molecule has 2 N–H and O–H groups in total. The molecule has 0 radical (unpaired) electrons. The Labute approximate surface area is 129 Å². The summed E-state index contributed by atoms with van der Waals surface area (Å²) in [5.74, 6) is -0.650. The smallest absolute Gasteiger partial charge is 0.237 e. The molecule has 1 aromatic carbocycles. The SMILES string of the molecule is NC(=O)CN(C(=O)C1CC1c1ccc(F)cc1)C1CCCC1. The highest BCUT2D eigenvalue weighted by Crippen LogP contribution is 2.49. The number of primary amides is 1. The minimum absolute atomic E-state index is 0.0101. The van der Waals surface area contributed by atoms with Crippen LogP contribution in [0.4, 0.5) is 4.39 Å². The third kappa shape index (κ3) is 3.13. The predicted molar refractivity (Wildman–Crippen MR) is 80.4 cm³/mol. The number of amides is 2. The lowest BCUT2D eigenvalue weighted by Gasteiger charge is -2.28. The van der Waals surface area contributed by atoms with Crippen molar-refractivity contribution in [2.45, 2.75) is 44.1 Å². The molecule has 0 aliphatic heterocycles. The summed E-state index contributed by atoms with van der Waals surface area (Å²) in [5.41, 5.74) is 6.30. The number of hydrogen-bond donors (Lipinski definition) is 1. The Hall–Kier alpha value is -1.91. The molecule has 0 aromatic heterocycles. The monoisotopic (exact) mass is 304 g/mol. The van der Waals surface area contributed by atoms with Crippen LogP contribution in [0.1, 0.15) is 43.6 Å². The summed E-state index contributed by atoms with van der Waals surface area (Å²) in [4.78, 5) is 25.7. The van der Waals surface area contributed by atoms with Crippen molar-refractivity contribution < 1.29 is 14.0 Å². The Morgan fingerprint density at radius 1 is 1.18 bits per heavy atom. The van der Waals surface area contributed by atoms with Crippen LogP contribution < -0.4 is 5.73 Å². The summed E-state index contributed by atoms with van der Waals surface area (Å²) >= 11 is 0. The molecule has 0 heterocycles. The molecule has 2 unspecified atom stereocenters. The van der Waals surface area contributed by atoms with Crippen LogP contribution in [0.15, 0.2) is 24.3 Å². The lowest BCUT2D eigenvalue weighted by molar-refractivity contribution is -0.138. The van der Waals surface area contributed by atoms with E-state index < -0.39 is 5.91 Å². The van der Waals surface area contributed by atoms with Crippen molar-refractivity contribution in [3.05, 3.63) is 35.6 Å². The third-order valence-corrected chi connectivity index (χ3v) is 4.78. The van der Waals surface area contributed by atoms with E-state index in [1.54, 1.807) is 17.0 Å². The Morgan fingerprint density at radius 2 is 1.82 bits per heavy atom. The molecule has 118 valence electrons. The predicted octanol–water partition coefficient (Wildman–Crippen LogP) is 2.19. The summed E-state index contributed by atoms with van der Waals surface area (Å²) in [7, 11) is 0. The topological polar surface area (TPSA) is 63.4 Å². The van der Waals surface area contributed by atoms with Gasteiger partial charge in [0.05, 0.1) is 6.54 Å². The Kier molecular flexibility index (Phi) is 4.14. The molecule has 1 aromatic rings. The van der Waals surface area contributed by atoms with Gasteiger partial charge >= 0.3 is 0 Å². The number of benzene rings is 1. The molecule has 3 rings (SSSR count). The van der Waals surface area contributed by atoms with E-state index in [0.29, 0.717) is 0 Å². The average Bonchev–Trinajstić information content (AvgIpc) is 3.10. The molecular formula is C17H21FN2O2. The van der Waals surface area contributed by atoms with E-state index in [4.69, 9.17) is 5.73 Å². The number of halogens is 1. The molecule has 22 heavy (non-hydrogen) atoms. The molecule has 2 amide bonds. The van der Waals surface area contributed by atoms with Gasteiger partial charge in [0.2, 0.25) is 11.8 Å². The molecule has 0 spiro atoms. The second-order valence-electron chi connectivity index (χ2n) is 6.37. The zero-order valence-electron chi connectivity index (χ0n) is 12.5. The quantitative estimate of drug-likeness (QED) is 0.906. The number of carbonyl (C=O) groups is 2.